The van der Waals surface area contributed by atoms with Crippen LogP contribution in [0.3, 0.4) is 0 Å². The standard InChI is InChI=1S/C13H24N2O5/c1-12(2,3)9(15-11(18)19)10(17)20-13(8-16)4-6-14-7-5-13/h9,14-16H,4-8H2,1-3H3,(H,18,19). The minimum atomic E-state index is -1.27. The maximum absolute atomic E-state index is 12.3. The molecule has 0 aliphatic carbocycles. The molecule has 1 atom stereocenters. The molecule has 0 saturated carbocycles. The summed E-state index contributed by atoms with van der Waals surface area (Å²) in [5.74, 6) is -0.643. The zero-order valence-corrected chi connectivity index (χ0v) is 12.2. The summed E-state index contributed by atoms with van der Waals surface area (Å²) in [5.41, 5.74) is -1.52. The van der Waals surface area contributed by atoms with Crippen molar-refractivity contribution < 1.29 is 24.5 Å². The summed E-state index contributed by atoms with van der Waals surface area (Å²) in [6, 6.07) is -0.974. The fourth-order valence-electron chi connectivity index (χ4n) is 2.20. The fraction of sp³-hybridized carbons (Fsp3) is 0.846. The molecule has 1 aliphatic heterocycles. The van der Waals surface area contributed by atoms with Crippen molar-refractivity contribution in [2.45, 2.75) is 45.3 Å². The molecule has 7 nitrogen and oxygen atoms in total. The summed E-state index contributed by atoms with van der Waals surface area (Å²) in [6.07, 6.45) is -0.247. The van der Waals surface area contributed by atoms with E-state index in [0.29, 0.717) is 25.9 Å². The van der Waals surface area contributed by atoms with Gasteiger partial charge >= 0.3 is 12.1 Å². The first-order valence-corrected chi connectivity index (χ1v) is 6.74. The van der Waals surface area contributed by atoms with Gasteiger partial charge in [-0.25, -0.2) is 9.59 Å². The summed E-state index contributed by atoms with van der Waals surface area (Å²) < 4.78 is 5.46. The van der Waals surface area contributed by atoms with Gasteiger partial charge in [-0.1, -0.05) is 20.8 Å². The largest absolute Gasteiger partial charge is 0.465 e. The Labute approximate surface area is 118 Å². The number of carbonyl (C=O) groups excluding carboxylic acids is 1. The van der Waals surface area contributed by atoms with Crippen LogP contribution in [0.2, 0.25) is 0 Å². The van der Waals surface area contributed by atoms with Gasteiger partial charge in [-0.3, -0.25) is 0 Å². The number of esters is 1. The second kappa shape index (κ2) is 6.41. The topological polar surface area (TPSA) is 108 Å². The third kappa shape index (κ3) is 4.35. The van der Waals surface area contributed by atoms with Crippen LogP contribution in [0.5, 0.6) is 0 Å². The molecule has 7 heteroatoms. The summed E-state index contributed by atoms with van der Waals surface area (Å²) in [5, 5.41) is 23.7. The van der Waals surface area contributed by atoms with Crippen molar-refractivity contribution in [2.24, 2.45) is 5.41 Å². The fourth-order valence-corrected chi connectivity index (χ4v) is 2.20. The van der Waals surface area contributed by atoms with Crippen LogP contribution < -0.4 is 10.6 Å². The number of hydrogen-bond acceptors (Lipinski definition) is 5. The molecule has 1 unspecified atom stereocenters. The molecular formula is C13H24N2O5. The molecule has 1 aliphatic rings. The first-order valence-electron chi connectivity index (χ1n) is 6.74. The minimum Gasteiger partial charge on any atom is -0.465 e. The van der Waals surface area contributed by atoms with Crippen molar-refractivity contribution in [1.29, 1.82) is 0 Å². The molecule has 1 amide bonds. The van der Waals surface area contributed by atoms with E-state index in [0.717, 1.165) is 0 Å². The van der Waals surface area contributed by atoms with Gasteiger partial charge in [-0.05, 0) is 18.5 Å². The number of aliphatic hydroxyl groups excluding tert-OH is 1. The number of piperidine rings is 1. The van der Waals surface area contributed by atoms with E-state index >= 15 is 0 Å². The molecular weight excluding hydrogens is 264 g/mol. The van der Waals surface area contributed by atoms with Crippen molar-refractivity contribution in [3.63, 3.8) is 0 Å². The molecule has 116 valence electrons. The van der Waals surface area contributed by atoms with Crippen LogP contribution in [0, 0.1) is 5.41 Å². The van der Waals surface area contributed by atoms with Gasteiger partial charge < -0.3 is 25.6 Å². The number of amides is 1. The van der Waals surface area contributed by atoms with Crippen molar-refractivity contribution in [2.75, 3.05) is 19.7 Å². The van der Waals surface area contributed by atoms with Gasteiger partial charge in [-0.15, -0.1) is 0 Å². The van der Waals surface area contributed by atoms with Gasteiger partial charge in [0.25, 0.3) is 0 Å². The third-order valence-corrected chi connectivity index (χ3v) is 3.49. The van der Waals surface area contributed by atoms with E-state index in [-0.39, 0.29) is 6.61 Å². The molecule has 0 aromatic heterocycles. The maximum atomic E-state index is 12.3. The first kappa shape index (κ1) is 16.7. The van der Waals surface area contributed by atoms with Crippen LogP contribution in [0.4, 0.5) is 4.79 Å². The summed E-state index contributed by atoms with van der Waals surface area (Å²) >= 11 is 0. The Morgan fingerprint density at radius 3 is 2.30 bits per heavy atom. The zero-order chi connectivity index (χ0) is 15.4. The molecule has 0 spiro atoms. The van der Waals surface area contributed by atoms with Gasteiger partial charge in [0.05, 0.1) is 6.61 Å². The lowest BCUT2D eigenvalue weighted by molar-refractivity contribution is -0.173. The van der Waals surface area contributed by atoms with Crippen LogP contribution in [0.1, 0.15) is 33.6 Å². The quantitative estimate of drug-likeness (QED) is 0.555. The Bertz CT molecular complexity index is 358. The van der Waals surface area contributed by atoms with Crippen molar-refractivity contribution in [3.05, 3.63) is 0 Å². The highest BCUT2D eigenvalue weighted by molar-refractivity contribution is 5.81. The van der Waals surface area contributed by atoms with Crippen molar-refractivity contribution in [1.82, 2.24) is 10.6 Å². The highest BCUT2D eigenvalue weighted by atomic mass is 16.6. The summed E-state index contributed by atoms with van der Waals surface area (Å²) in [7, 11) is 0. The SMILES string of the molecule is CC(C)(C)C(NC(=O)O)C(=O)OC1(CO)CCNCC1. The Hall–Kier alpha value is -1.34. The van der Waals surface area contributed by atoms with E-state index in [2.05, 4.69) is 10.6 Å². The van der Waals surface area contributed by atoms with Crippen molar-refractivity contribution >= 4 is 12.1 Å². The molecule has 1 heterocycles. The average molecular weight is 288 g/mol. The highest BCUT2D eigenvalue weighted by Crippen LogP contribution is 2.27. The lowest BCUT2D eigenvalue weighted by Gasteiger charge is -2.38. The minimum absolute atomic E-state index is 0.260. The van der Waals surface area contributed by atoms with Gasteiger partial charge in [-0.2, -0.15) is 0 Å². The maximum Gasteiger partial charge on any atom is 0.405 e. The number of rotatable bonds is 4. The lowest BCUT2D eigenvalue weighted by atomic mass is 9.86. The third-order valence-electron chi connectivity index (χ3n) is 3.49. The Balaban J connectivity index is 2.81. The predicted molar refractivity (Wildman–Crippen MR) is 72.4 cm³/mol. The van der Waals surface area contributed by atoms with E-state index in [1.807, 2.05) is 0 Å². The van der Waals surface area contributed by atoms with E-state index in [9.17, 15) is 14.7 Å². The number of carbonyl (C=O) groups is 2. The Morgan fingerprint density at radius 2 is 1.90 bits per heavy atom. The van der Waals surface area contributed by atoms with Gasteiger partial charge in [0.15, 0.2) is 0 Å². The number of ether oxygens (including phenoxy) is 1. The Kier molecular flexibility index (Phi) is 5.35. The van der Waals surface area contributed by atoms with Crippen LogP contribution >= 0.6 is 0 Å². The molecule has 0 aromatic carbocycles. The first-order chi connectivity index (χ1) is 9.20. The van der Waals surface area contributed by atoms with Crippen LogP contribution in [0.15, 0.2) is 0 Å². The molecule has 1 saturated heterocycles. The predicted octanol–water partition coefficient (Wildman–Crippen LogP) is 0.326. The monoisotopic (exact) mass is 288 g/mol. The molecule has 20 heavy (non-hydrogen) atoms. The van der Waals surface area contributed by atoms with Crippen molar-refractivity contribution in [3.8, 4) is 0 Å². The number of aliphatic hydroxyl groups is 1. The van der Waals surface area contributed by atoms with Crippen LogP contribution in [-0.4, -0.2) is 53.6 Å². The average Bonchev–Trinajstić information content (AvgIpc) is 2.35. The Morgan fingerprint density at radius 1 is 1.35 bits per heavy atom. The van der Waals surface area contributed by atoms with Gasteiger partial charge in [0.2, 0.25) is 0 Å². The van der Waals surface area contributed by atoms with Crippen LogP contribution in [0.25, 0.3) is 0 Å². The van der Waals surface area contributed by atoms with E-state index in [4.69, 9.17) is 9.84 Å². The smallest absolute Gasteiger partial charge is 0.405 e. The van der Waals surface area contributed by atoms with Gasteiger partial charge in [0, 0.05) is 12.8 Å². The highest BCUT2D eigenvalue weighted by Gasteiger charge is 2.41. The molecule has 1 fully saturated rings. The lowest BCUT2D eigenvalue weighted by Crippen LogP contribution is -2.55. The van der Waals surface area contributed by atoms with E-state index in [1.165, 1.54) is 0 Å². The number of hydrogen-bond donors (Lipinski definition) is 4. The van der Waals surface area contributed by atoms with E-state index < -0.39 is 29.1 Å². The zero-order valence-electron chi connectivity index (χ0n) is 12.2. The van der Waals surface area contributed by atoms with Gasteiger partial charge in [0.1, 0.15) is 11.6 Å². The summed E-state index contributed by atoms with van der Waals surface area (Å²) in [6.45, 7) is 6.31. The molecule has 4 N–H and O–H groups in total. The second-order valence-electron chi connectivity index (χ2n) is 6.26. The normalized spacial score (nSPS) is 20.0. The van der Waals surface area contributed by atoms with Crippen LogP contribution in [-0.2, 0) is 9.53 Å². The van der Waals surface area contributed by atoms with E-state index in [1.54, 1.807) is 20.8 Å². The number of carboxylic acid groups (broad SMARTS) is 1. The number of nitrogens with one attached hydrogen (secondary N) is 2. The second-order valence-corrected chi connectivity index (χ2v) is 6.26. The summed E-state index contributed by atoms with van der Waals surface area (Å²) in [4.78, 5) is 23.1. The molecule has 0 aromatic rings. The molecule has 1 rings (SSSR count). The molecule has 0 radical (unpaired) electrons. The molecule has 0 bridgehead atoms.